The first-order valence-corrected chi connectivity index (χ1v) is 9.88. The van der Waals surface area contributed by atoms with Gasteiger partial charge < -0.3 is 15.2 Å². The van der Waals surface area contributed by atoms with Gasteiger partial charge in [-0.3, -0.25) is 4.79 Å². The quantitative estimate of drug-likeness (QED) is 0.697. The summed E-state index contributed by atoms with van der Waals surface area (Å²) in [5, 5.41) is 12.1. The Labute approximate surface area is 165 Å². The first-order chi connectivity index (χ1) is 13.6. The predicted molar refractivity (Wildman–Crippen MR) is 108 cm³/mol. The minimum absolute atomic E-state index is 0.00699. The van der Waals surface area contributed by atoms with Crippen molar-refractivity contribution in [2.24, 2.45) is 11.8 Å². The number of hydrogen-bond donors (Lipinski definition) is 2. The van der Waals surface area contributed by atoms with Gasteiger partial charge in [0.25, 0.3) is 0 Å². The Morgan fingerprint density at radius 2 is 1.54 bits per heavy atom. The van der Waals surface area contributed by atoms with E-state index in [1.807, 2.05) is 38.1 Å². The zero-order chi connectivity index (χ0) is 20.1. The maximum absolute atomic E-state index is 12.2. The topological polar surface area (TPSA) is 75.6 Å². The van der Waals surface area contributed by atoms with Crippen LogP contribution in [0.5, 0.6) is 0 Å². The summed E-state index contributed by atoms with van der Waals surface area (Å²) in [6.07, 6.45) is 0.957. The molecule has 28 heavy (non-hydrogen) atoms. The number of amides is 1. The van der Waals surface area contributed by atoms with Crippen LogP contribution in [0.4, 0.5) is 4.79 Å². The molecule has 2 aromatic carbocycles. The van der Waals surface area contributed by atoms with Crippen molar-refractivity contribution in [2.75, 3.05) is 13.2 Å². The van der Waals surface area contributed by atoms with E-state index in [1.54, 1.807) is 0 Å². The van der Waals surface area contributed by atoms with Crippen molar-refractivity contribution >= 4 is 12.1 Å². The monoisotopic (exact) mass is 381 g/mol. The molecule has 0 fully saturated rings. The van der Waals surface area contributed by atoms with E-state index in [0.29, 0.717) is 0 Å². The van der Waals surface area contributed by atoms with Crippen molar-refractivity contribution in [1.82, 2.24) is 5.32 Å². The smallest absolute Gasteiger partial charge is 0.407 e. The lowest BCUT2D eigenvalue weighted by Crippen LogP contribution is -2.37. The van der Waals surface area contributed by atoms with Crippen molar-refractivity contribution in [3.8, 4) is 11.1 Å². The van der Waals surface area contributed by atoms with Gasteiger partial charge in [-0.15, -0.1) is 0 Å². The molecule has 0 aliphatic heterocycles. The van der Waals surface area contributed by atoms with Crippen LogP contribution in [-0.2, 0) is 9.53 Å². The van der Waals surface area contributed by atoms with E-state index >= 15 is 0 Å². The Kier molecular flexibility index (Phi) is 6.34. The maximum Gasteiger partial charge on any atom is 0.407 e. The summed E-state index contributed by atoms with van der Waals surface area (Å²) in [5.41, 5.74) is 4.65. The number of carboxylic acids is 1. The molecule has 0 radical (unpaired) electrons. The molecule has 0 heterocycles. The van der Waals surface area contributed by atoms with Gasteiger partial charge in [0.15, 0.2) is 0 Å². The van der Waals surface area contributed by atoms with Crippen LogP contribution < -0.4 is 5.32 Å². The van der Waals surface area contributed by atoms with Gasteiger partial charge in [-0.25, -0.2) is 4.79 Å². The van der Waals surface area contributed by atoms with Crippen molar-refractivity contribution in [3.63, 3.8) is 0 Å². The fraction of sp³-hybridized carbons (Fsp3) is 0.391. The van der Waals surface area contributed by atoms with Crippen LogP contribution >= 0.6 is 0 Å². The normalized spacial score (nSPS) is 13.7. The molecule has 5 nitrogen and oxygen atoms in total. The molecule has 1 aliphatic carbocycles. The average Bonchev–Trinajstić information content (AvgIpc) is 3.03. The van der Waals surface area contributed by atoms with Gasteiger partial charge in [0, 0.05) is 12.5 Å². The SMILES string of the molecule is CCC(CC)C(CNC(=O)OCC1c2ccccc2-c2ccccc21)C(=O)O. The number of carbonyl (C=O) groups excluding carboxylic acids is 1. The van der Waals surface area contributed by atoms with Crippen molar-refractivity contribution in [2.45, 2.75) is 32.6 Å². The Balaban J connectivity index is 1.63. The van der Waals surface area contributed by atoms with Crippen LogP contribution in [0.2, 0.25) is 0 Å². The average molecular weight is 381 g/mol. The Hall–Kier alpha value is -2.82. The Morgan fingerprint density at radius 1 is 1.00 bits per heavy atom. The maximum atomic E-state index is 12.2. The minimum atomic E-state index is -0.882. The molecule has 1 aliphatic rings. The fourth-order valence-corrected chi connectivity index (χ4v) is 4.16. The largest absolute Gasteiger partial charge is 0.481 e. The van der Waals surface area contributed by atoms with Crippen LogP contribution in [0.15, 0.2) is 48.5 Å². The Morgan fingerprint density at radius 3 is 2.04 bits per heavy atom. The lowest BCUT2D eigenvalue weighted by Gasteiger charge is -2.22. The van der Waals surface area contributed by atoms with Crippen LogP contribution in [0.3, 0.4) is 0 Å². The summed E-state index contributed by atoms with van der Waals surface area (Å²) < 4.78 is 5.47. The standard InChI is InChI=1S/C23H27NO4/c1-3-15(4-2)20(22(25)26)13-24-23(27)28-14-21-18-11-7-5-9-16(18)17-10-6-8-12-19(17)21/h5-12,15,20-21H,3-4,13-14H2,1-2H3,(H,24,27)(H,25,26). The third kappa shape index (κ3) is 4.03. The highest BCUT2D eigenvalue weighted by Gasteiger charge is 2.30. The van der Waals surface area contributed by atoms with E-state index in [0.717, 1.165) is 24.0 Å². The van der Waals surface area contributed by atoms with Gasteiger partial charge in [-0.05, 0) is 28.2 Å². The number of aliphatic carboxylic acids is 1. The second-order valence-corrected chi connectivity index (χ2v) is 7.23. The highest BCUT2D eigenvalue weighted by molar-refractivity contribution is 5.79. The number of rotatable bonds is 8. The number of ether oxygens (including phenoxy) is 1. The van der Waals surface area contributed by atoms with Crippen molar-refractivity contribution in [3.05, 3.63) is 59.7 Å². The van der Waals surface area contributed by atoms with Crippen LogP contribution in [0.1, 0.15) is 43.7 Å². The molecule has 3 rings (SSSR count). The van der Waals surface area contributed by atoms with E-state index in [4.69, 9.17) is 4.74 Å². The van der Waals surface area contributed by atoms with Crippen molar-refractivity contribution < 1.29 is 19.4 Å². The van der Waals surface area contributed by atoms with E-state index in [9.17, 15) is 14.7 Å². The molecule has 148 valence electrons. The molecule has 0 saturated heterocycles. The Bertz CT molecular complexity index is 799. The van der Waals surface area contributed by atoms with Gasteiger partial charge in [-0.2, -0.15) is 0 Å². The number of benzene rings is 2. The zero-order valence-corrected chi connectivity index (χ0v) is 16.4. The molecule has 0 aromatic heterocycles. The number of nitrogens with one attached hydrogen (secondary N) is 1. The lowest BCUT2D eigenvalue weighted by molar-refractivity contribution is -0.143. The molecule has 5 heteroatoms. The zero-order valence-electron chi connectivity index (χ0n) is 16.4. The highest BCUT2D eigenvalue weighted by Crippen LogP contribution is 2.44. The lowest BCUT2D eigenvalue weighted by atomic mass is 9.88. The molecule has 1 amide bonds. The van der Waals surface area contributed by atoms with Gasteiger partial charge in [0.2, 0.25) is 0 Å². The molecule has 2 aromatic rings. The fourth-order valence-electron chi connectivity index (χ4n) is 4.16. The minimum Gasteiger partial charge on any atom is -0.481 e. The van der Waals surface area contributed by atoms with Gasteiger partial charge in [-0.1, -0.05) is 75.2 Å². The van der Waals surface area contributed by atoms with E-state index < -0.39 is 18.0 Å². The van der Waals surface area contributed by atoms with Crippen LogP contribution in [0, 0.1) is 11.8 Å². The second kappa shape index (κ2) is 8.91. The number of carboxylic acid groups (broad SMARTS) is 1. The summed E-state index contributed by atoms with van der Waals surface area (Å²) in [5.74, 6) is -1.46. The number of alkyl carbamates (subject to hydrolysis) is 1. The number of hydrogen-bond acceptors (Lipinski definition) is 3. The molecular weight excluding hydrogens is 354 g/mol. The summed E-state index contributed by atoms with van der Waals surface area (Å²) in [7, 11) is 0. The number of carbonyl (C=O) groups is 2. The molecule has 1 atom stereocenters. The molecule has 0 bridgehead atoms. The summed E-state index contributed by atoms with van der Waals surface area (Å²) in [6, 6.07) is 16.3. The van der Waals surface area contributed by atoms with Crippen LogP contribution in [-0.4, -0.2) is 30.3 Å². The first-order valence-electron chi connectivity index (χ1n) is 9.88. The van der Waals surface area contributed by atoms with E-state index in [-0.39, 0.29) is 25.0 Å². The summed E-state index contributed by atoms with van der Waals surface area (Å²) in [4.78, 5) is 23.7. The van der Waals surface area contributed by atoms with E-state index in [1.165, 1.54) is 11.1 Å². The number of fused-ring (bicyclic) bond motifs is 3. The highest BCUT2D eigenvalue weighted by atomic mass is 16.5. The molecule has 1 unspecified atom stereocenters. The molecule has 0 spiro atoms. The third-order valence-corrected chi connectivity index (χ3v) is 5.74. The second-order valence-electron chi connectivity index (χ2n) is 7.23. The summed E-state index contributed by atoms with van der Waals surface area (Å²) >= 11 is 0. The van der Waals surface area contributed by atoms with Gasteiger partial charge >= 0.3 is 12.1 Å². The first kappa shape index (κ1) is 19.9. The molecule has 0 saturated carbocycles. The predicted octanol–water partition coefficient (Wildman–Crippen LogP) is 4.66. The molecule has 2 N–H and O–H groups in total. The van der Waals surface area contributed by atoms with Gasteiger partial charge in [0.05, 0.1) is 5.92 Å². The van der Waals surface area contributed by atoms with Gasteiger partial charge in [0.1, 0.15) is 6.61 Å². The summed E-state index contributed by atoms with van der Waals surface area (Å²) in [6.45, 7) is 4.25. The third-order valence-electron chi connectivity index (χ3n) is 5.74. The van der Waals surface area contributed by atoms with Crippen molar-refractivity contribution in [1.29, 1.82) is 0 Å². The van der Waals surface area contributed by atoms with Crippen LogP contribution in [0.25, 0.3) is 11.1 Å². The van der Waals surface area contributed by atoms with E-state index in [2.05, 4.69) is 29.6 Å². The molecular formula is C23H27NO4.